The van der Waals surface area contributed by atoms with Crippen molar-refractivity contribution in [2.45, 2.75) is 37.6 Å². The Kier molecular flexibility index (Phi) is 6.35. The lowest BCUT2D eigenvalue weighted by atomic mass is 10.1. The normalized spacial score (nSPS) is 13.6. The zero-order valence-electron chi connectivity index (χ0n) is 14.9. The first-order valence-corrected chi connectivity index (χ1v) is 9.38. The van der Waals surface area contributed by atoms with Gasteiger partial charge in [-0.1, -0.05) is 48.0 Å². The van der Waals surface area contributed by atoms with Crippen LogP contribution in [0.4, 0.5) is 0 Å². The predicted octanol–water partition coefficient (Wildman–Crippen LogP) is 3.84. The van der Waals surface area contributed by atoms with Crippen molar-refractivity contribution >= 4 is 10.1 Å². The summed E-state index contributed by atoms with van der Waals surface area (Å²) in [6.07, 6.45) is -0.587. The molecule has 1 atom stereocenters. The summed E-state index contributed by atoms with van der Waals surface area (Å²) in [5.74, 6) is -0.877. The number of rotatable bonds is 8. The minimum Gasteiger partial charge on any atom is -0.354 e. The molecule has 0 aliphatic rings. The molecule has 0 aromatic heterocycles. The first-order chi connectivity index (χ1) is 11.7. The summed E-state index contributed by atoms with van der Waals surface area (Å²) in [6.45, 7) is 5.27. The smallest absolute Gasteiger partial charge is 0.297 e. The zero-order chi connectivity index (χ0) is 18.5. The fourth-order valence-corrected chi connectivity index (χ4v) is 3.09. The standard InChI is InChI=1S/C19H24O5S/c1-15-10-12-17(13-11-15)25(20,21)23-14-18(24-19(2,3)22-4)16-8-6-5-7-9-16/h5-13,18H,14H2,1-4H3/t18-/m1/s1. The molecule has 6 heteroatoms. The van der Waals surface area contributed by atoms with Crippen molar-refractivity contribution in [3.8, 4) is 0 Å². The summed E-state index contributed by atoms with van der Waals surface area (Å²) in [6, 6.07) is 15.8. The maximum Gasteiger partial charge on any atom is 0.297 e. The Morgan fingerprint density at radius 3 is 2.16 bits per heavy atom. The fraction of sp³-hybridized carbons (Fsp3) is 0.368. The van der Waals surface area contributed by atoms with Crippen LogP contribution in [-0.4, -0.2) is 27.9 Å². The summed E-state index contributed by atoms with van der Waals surface area (Å²) in [5, 5.41) is 0. The van der Waals surface area contributed by atoms with Crippen LogP contribution in [0.15, 0.2) is 59.5 Å². The van der Waals surface area contributed by atoms with Crippen LogP contribution in [0.1, 0.15) is 31.1 Å². The first-order valence-electron chi connectivity index (χ1n) is 7.97. The summed E-state index contributed by atoms with van der Waals surface area (Å²) in [4.78, 5) is 0.121. The highest BCUT2D eigenvalue weighted by molar-refractivity contribution is 7.86. The second-order valence-corrected chi connectivity index (χ2v) is 7.79. The highest BCUT2D eigenvalue weighted by Gasteiger charge is 2.27. The molecule has 5 nitrogen and oxygen atoms in total. The van der Waals surface area contributed by atoms with Gasteiger partial charge in [-0.2, -0.15) is 8.42 Å². The Morgan fingerprint density at radius 1 is 1.00 bits per heavy atom. The van der Waals surface area contributed by atoms with Crippen molar-refractivity contribution in [2.75, 3.05) is 13.7 Å². The minimum atomic E-state index is -3.86. The Bertz CT molecular complexity index is 767. The molecule has 0 aliphatic heterocycles. The van der Waals surface area contributed by atoms with Crippen LogP contribution in [0.25, 0.3) is 0 Å². The topological polar surface area (TPSA) is 61.8 Å². The highest BCUT2D eigenvalue weighted by atomic mass is 32.2. The number of hydrogen-bond donors (Lipinski definition) is 0. The van der Waals surface area contributed by atoms with Gasteiger partial charge in [-0.05, 0) is 38.5 Å². The van der Waals surface area contributed by atoms with Gasteiger partial charge in [0, 0.05) is 7.11 Å². The van der Waals surface area contributed by atoms with E-state index in [0.29, 0.717) is 0 Å². The van der Waals surface area contributed by atoms with E-state index >= 15 is 0 Å². The molecule has 2 aromatic carbocycles. The minimum absolute atomic E-state index is 0.121. The van der Waals surface area contributed by atoms with E-state index in [1.807, 2.05) is 37.3 Å². The van der Waals surface area contributed by atoms with Crippen LogP contribution in [-0.2, 0) is 23.8 Å². The van der Waals surface area contributed by atoms with Crippen LogP contribution in [0.3, 0.4) is 0 Å². The lowest BCUT2D eigenvalue weighted by Gasteiger charge is -2.29. The van der Waals surface area contributed by atoms with Gasteiger partial charge in [0.2, 0.25) is 0 Å². The largest absolute Gasteiger partial charge is 0.354 e. The van der Waals surface area contributed by atoms with Crippen LogP contribution in [0.5, 0.6) is 0 Å². The molecule has 0 saturated heterocycles. The van der Waals surface area contributed by atoms with Crippen molar-refractivity contribution in [1.82, 2.24) is 0 Å². The second-order valence-electron chi connectivity index (χ2n) is 6.17. The molecule has 0 fully saturated rings. The van der Waals surface area contributed by atoms with E-state index in [1.54, 1.807) is 26.0 Å². The molecule has 0 spiro atoms. The number of hydrogen-bond acceptors (Lipinski definition) is 5. The van der Waals surface area contributed by atoms with Crippen LogP contribution in [0.2, 0.25) is 0 Å². The second kappa shape index (κ2) is 8.10. The molecular formula is C19H24O5S. The lowest BCUT2D eigenvalue weighted by Crippen LogP contribution is -2.31. The molecule has 2 aromatic rings. The summed E-state index contributed by atoms with van der Waals surface area (Å²) >= 11 is 0. The Hall–Kier alpha value is -1.73. The Morgan fingerprint density at radius 2 is 1.60 bits per heavy atom. The fourth-order valence-electron chi connectivity index (χ4n) is 2.18. The third-order valence-electron chi connectivity index (χ3n) is 3.77. The molecule has 0 unspecified atom stereocenters. The van der Waals surface area contributed by atoms with Crippen LogP contribution < -0.4 is 0 Å². The van der Waals surface area contributed by atoms with E-state index in [1.165, 1.54) is 19.2 Å². The molecule has 0 N–H and O–H groups in total. The summed E-state index contributed by atoms with van der Waals surface area (Å²) < 4.78 is 41.3. The molecule has 136 valence electrons. The molecule has 2 rings (SSSR count). The maximum absolute atomic E-state index is 12.4. The van der Waals surface area contributed by atoms with Gasteiger partial charge in [0.15, 0.2) is 5.79 Å². The highest BCUT2D eigenvalue weighted by Crippen LogP contribution is 2.26. The van der Waals surface area contributed by atoms with Gasteiger partial charge < -0.3 is 9.47 Å². The number of methoxy groups -OCH3 is 1. The van der Waals surface area contributed by atoms with E-state index in [9.17, 15) is 8.42 Å². The molecular weight excluding hydrogens is 340 g/mol. The number of ether oxygens (including phenoxy) is 2. The van der Waals surface area contributed by atoms with Crippen molar-refractivity contribution < 1.29 is 22.1 Å². The average Bonchev–Trinajstić information content (AvgIpc) is 2.60. The van der Waals surface area contributed by atoms with Crippen molar-refractivity contribution in [3.05, 3.63) is 65.7 Å². The van der Waals surface area contributed by atoms with Gasteiger partial charge >= 0.3 is 0 Å². The van der Waals surface area contributed by atoms with Gasteiger partial charge in [0.05, 0.1) is 11.5 Å². The van der Waals surface area contributed by atoms with Gasteiger partial charge in [-0.25, -0.2) is 0 Å². The Balaban J connectivity index is 2.18. The summed E-state index contributed by atoms with van der Waals surface area (Å²) in [5.41, 5.74) is 1.79. The zero-order valence-corrected chi connectivity index (χ0v) is 15.7. The third-order valence-corrected chi connectivity index (χ3v) is 5.07. The molecule has 0 aliphatic carbocycles. The van der Waals surface area contributed by atoms with Crippen LogP contribution in [0, 0.1) is 6.92 Å². The maximum atomic E-state index is 12.4. The average molecular weight is 364 g/mol. The van der Waals surface area contributed by atoms with E-state index in [0.717, 1.165) is 11.1 Å². The van der Waals surface area contributed by atoms with Gasteiger partial charge in [-0.3, -0.25) is 4.18 Å². The molecule has 0 heterocycles. The Labute approximate surface area is 149 Å². The quantitative estimate of drug-likeness (QED) is 0.526. The van der Waals surface area contributed by atoms with Gasteiger partial charge in [0.25, 0.3) is 10.1 Å². The molecule has 0 saturated carbocycles. The molecule has 0 amide bonds. The monoisotopic (exact) mass is 364 g/mol. The third kappa shape index (κ3) is 5.64. The summed E-state index contributed by atoms with van der Waals surface area (Å²) in [7, 11) is -2.33. The molecule has 0 bridgehead atoms. The van der Waals surface area contributed by atoms with Gasteiger partial charge in [-0.15, -0.1) is 0 Å². The van der Waals surface area contributed by atoms with Crippen LogP contribution >= 0.6 is 0 Å². The van der Waals surface area contributed by atoms with Crippen molar-refractivity contribution in [1.29, 1.82) is 0 Å². The van der Waals surface area contributed by atoms with Crippen molar-refractivity contribution in [2.24, 2.45) is 0 Å². The van der Waals surface area contributed by atoms with Gasteiger partial charge in [0.1, 0.15) is 6.10 Å². The first kappa shape index (κ1) is 19.6. The molecule has 0 radical (unpaired) electrons. The lowest BCUT2D eigenvalue weighted by molar-refractivity contribution is -0.230. The predicted molar refractivity (Wildman–Crippen MR) is 95.7 cm³/mol. The van der Waals surface area contributed by atoms with E-state index in [2.05, 4.69) is 0 Å². The molecule has 25 heavy (non-hydrogen) atoms. The van der Waals surface area contributed by atoms with E-state index in [-0.39, 0.29) is 11.5 Å². The SMILES string of the molecule is COC(C)(C)O[C@H](COS(=O)(=O)c1ccc(C)cc1)c1ccccc1. The number of aryl methyl sites for hydroxylation is 1. The van der Waals surface area contributed by atoms with E-state index < -0.39 is 22.0 Å². The van der Waals surface area contributed by atoms with E-state index in [4.69, 9.17) is 13.7 Å². The number of benzene rings is 2. The van der Waals surface area contributed by atoms with Crippen molar-refractivity contribution in [3.63, 3.8) is 0 Å².